The lowest BCUT2D eigenvalue weighted by Crippen LogP contribution is -2.37. The van der Waals surface area contributed by atoms with E-state index in [9.17, 15) is 4.79 Å². The Morgan fingerprint density at radius 1 is 1.37 bits per heavy atom. The zero-order chi connectivity index (χ0) is 14.3. The molecule has 1 rings (SSSR count). The number of rotatable bonds is 7. The first kappa shape index (κ1) is 15.5. The minimum absolute atomic E-state index is 0.1000. The fourth-order valence-electron chi connectivity index (χ4n) is 1.65. The van der Waals surface area contributed by atoms with Gasteiger partial charge in [-0.1, -0.05) is 12.1 Å². The lowest BCUT2D eigenvalue weighted by atomic mass is 10.1. The van der Waals surface area contributed by atoms with Crippen molar-refractivity contribution in [3.8, 4) is 5.75 Å². The third kappa shape index (κ3) is 5.30. The Kier molecular flexibility index (Phi) is 6.36. The Labute approximate surface area is 115 Å². The second kappa shape index (κ2) is 7.79. The quantitative estimate of drug-likeness (QED) is 0.769. The lowest BCUT2D eigenvalue weighted by Gasteiger charge is -2.16. The van der Waals surface area contributed by atoms with Crippen LogP contribution < -0.4 is 10.1 Å². The maximum atomic E-state index is 11.8. The Balaban J connectivity index is 2.47. The highest BCUT2D eigenvalue weighted by Crippen LogP contribution is 2.20. The largest absolute Gasteiger partial charge is 0.481 e. The summed E-state index contributed by atoms with van der Waals surface area (Å²) in [6.07, 6.45) is 0.307. The molecule has 0 radical (unpaired) electrons. The molecule has 1 aromatic rings. The fraction of sp³-hybridized carbons (Fsp3) is 0.533. The molecule has 19 heavy (non-hydrogen) atoms. The van der Waals surface area contributed by atoms with Crippen molar-refractivity contribution in [2.24, 2.45) is 0 Å². The number of nitrogens with one attached hydrogen (secondary N) is 1. The van der Waals surface area contributed by atoms with Gasteiger partial charge >= 0.3 is 0 Å². The zero-order valence-corrected chi connectivity index (χ0v) is 12.2. The molecule has 0 saturated carbocycles. The van der Waals surface area contributed by atoms with E-state index < -0.39 is 6.10 Å². The van der Waals surface area contributed by atoms with Crippen LogP contribution in [0.4, 0.5) is 0 Å². The molecule has 106 valence electrons. The van der Waals surface area contributed by atoms with Crippen molar-refractivity contribution in [3.05, 3.63) is 29.3 Å². The normalized spacial score (nSPS) is 12.0. The summed E-state index contributed by atoms with van der Waals surface area (Å²) in [5, 5.41) is 2.83. The molecule has 1 unspecified atom stereocenters. The maximum absolute atomic E-state index is 11.8. The number of amides is 1. The number of aryl methyl sites for hydroxylation is 2. The van der Waals surface area contributed by atoms with Crippen LogP contribution in [0.1, 0.15) is 24.5 Å². The van der Waals surface area contributed by atoms with E-state index in [1.807, 2.05) is 32.0 Å². The molecule has 0 aliphatic carbocycles. The van der Waals surface area contributed by atoms with Gasteiger partial charge < -0.3 is 14.8 Å². The summed E-state index contributed by atoms with van der Waals surface area (Å²) in [5.74, 6) is 0.663. The number of carbonyl (C=O) groups excluding carboxylic acids is 1. The van der Waals surface area contributed by atoms with Crippen LogP contribution in [0.25, 0.3) is 0 Å². The molecule has 0 heterocycles. The average Bonchev–Trinajstić information content (AvgIpc) is 2.38. The van der Waals surface area contributed by atoms with E-state index in [2.05, 4.69) is 5.32 Å². The van der Waals surface area contributed by atoms with Gasteiger partial charge in [0.1, 0.15) is 5.75 Å². The molecular weight excluding hydrogens is 242 g/mol. The summed E-state index contributed by atoms with van der Waals surface area (Å²) in [6, 6.07) is 5.97. The first-order chi connectivity index (χ1) is 9.04. The van der Waals surface area contributed by atoms with Gasteiger partial charge in [0.15, 0.2) is 6.10 Å². The highest BCUT2D eigenvalue weighted by atomic mass is 16.5. The molecule has 0 bridgehead atoms. The predicted octanol–water partition coefficient (Wildman–Crippen LogP) is 2.22. The van der Waals surface area contributed by atoms with Crippen molar-refractivity contribution in [2.45, 2.75) is 33.3 Å². The van der Waals surface area contributed by atoms with Gasteiger partial charge in [-0.25, -0.2) is 0 Å². The van der Waals surface area contributed by atoms with Crippen LogP contribution in [0.5, 0.6) is 5.75 Å². The van der Waals surface area contributed by atoms with Gasteiger partial charge in [0.25, 0.3) is 5.91 Å². The minimum atomic E-state index is -0.497. The number of benzene rings is 1. The van der Waals surface area contributed by atoms with Crippen molar-refractivity contribution >= 4 is 5.91 Å². The van der Waals surface area contributed by atoms with Crippen molar-refractivity contribution in [1.29, 1.82) is 0 Å². The zero-order valence-electron chi connectivity index (χ0n) is 12.2. The maximum Gasteiger partial charge on any atom is 0.260 e. The Bertz CT molecular complexity index is 418. The van der Waals surface area contributed by atoms with Gasteiger partial charge in [-0.2, -0.15) is 0 Å². The number of methoxy groups -OCH3 is 1. The molecular formula is C15H23NO3. The molecule has 0 fully saturated rings. The van der Waals surface area contributed by atoms with Crippen molar-refractivity contribution in [3.63, 3.8) is 0 Å². The standard InChI is InChI=1S/C15H23NO3/c1-11-6-7-12(2)14(10-11)19-13(3)15(17)16-8-5-9-18-4/h6-7,10,13H,5,8-9H2,1-4H3,(H,16,17). The summed E-state index contributed by atoms with van der Waals surface area (Å²) in [7, 11) is 1.65. The molecule has 1 atom stereocenters. The van der Waals surface area contributed by atoms with Crippen LogP contribution in [0.15, 0.2) is 18.2 Å². The van der Waals surface area contributed by atoms with Crippen LogP contribution in [0.2, 0.25) is 0 Å². The Morgan fingerprint density at radius 2 is 2.11 bits per heavy atom. The molecule has 0 aliphatic heterocycles. The summed E-state index contributed by atoms with van der Waals surface area (Å²) in [5.41, 5.74) is 2.15. The molecule has 0 saturated heterocycles. The van der Waals surface area contributed by atoms with Crippen LogP contribution in [0.3, 0.4) is 0 Å². The summed E-state index contributed by atoms with van der Waals surface area (Å²) < 4.78 is 10.6. The van der Waals surface area contributed by atoms with E-state index in [0.717, 1.165) is 23.3 Å². The van der Waals surface area contributed by atoms with Gasteiger partial charge in [0.05, 0.1) is 0 Å². The second-order valence-corrected chi connectivity index (χ2v) is 4.67. The van der Waals surface area contributed by atoms with Gasteiger partial charge in [0, 0.05) is 20.3 Å². The molecule has 4 heteroatoms. The van der Waals surface area contributed by atoms with E-state index in [4.69, 9.17) is 9.47 Å². The Hall–Kier alpha value is -1.55. The minimum Gasteiger partial charge on any atom is -0.481 e. The average molecular weight is 265 g/mol. The monoisotopic (exact) mass is 265 g/mol. The van der Waals surface area contributed by atoms with E-state index in [-0.39, 0.29) is 5.91 Å². The first-order valence-electron chi connectivity index (χ1n) is 6.55. The molecule has 1 N–H and O–H groups in total. The van der Waals surface area contributed by atoms with Crippen molar-refractivity contribution in [2.75, 3.05) is 20.3 Å². The third-order valence-corrected chi connectivity index (χ3v) is 2.84. The van der Waals surface area contributed by atoms with Gasteiger partial charge in [-0.05, 0) is 44.4 Å². The Morgan fingerprint density at radius 3 is 2.79 bits per heavy atom. The topological polar surface area (TPSA) is 47.6 Å². The molecule has 0 aliphatic rings. The summed E-state index contributed by atoms with van der Waals surface area (Å²) in [4.78, 5) is 11.8. The predicted molar refractivity (Wildman–Crippen MR) is 75.5 cm³/mol. The van der Waals surface area contributed by atoms with Gasteiger partial charge in [-0.3, -0.25) is 4.79 Å². The third-order valence-electron chi connectivity index (χ3n) is 2.84. The molecule has 0 aromatic heterocycles. The first-order valence-corrected chi connectivity index (χ1v) is 6.55. The second-order valence-electron chi connectivity index (χ2n) is 4.67. The number of carbonyl (C=O) groups is 1. The van der Waals surface area contributed by atoms with Crippen LogP contribution >= 0.6 is 0 Å². The van der Waals surface area contributed by atoms with Gasteiger partial charge in [0.2, 0.25) is 0 Å². The fourth-order valence-corrected chi connectivity index (χ4v) is 1.65. The van der Waals surface area contributed by atoms with E-state index >= 15 is 0 Å². The highest BCUT2D eigenvalue weighted by molar-refractivity contribution is 5.80. The van der Waals surface area contributed by atoms with Crippen LogP contribution in [0, 0.1) is 13.8 Å². The van der Waals surface area contributed by atoms with E-state index in [1.54, 1.807) is 14.0 Å². The van der Waals surface area contributed by atoms with E-state index in [0.29, 0.717) is 13.2 Å². The molecule has 4 nitrogen and oxygen atoms in total. The smallest absolute Gasteiger partial charge is 0.260 e. The molecule has 0 spiro atoms. The summed E-state index contributed by atoms with van der Waals surface area (Å²) in [6.45, 7) is 6.98. The van der Waals surface area contributed by atoms with Crippen molar-refractivity contribution in [1.82, 2.24) is 5.32 Å². The van der Waals surface area contributed by atoms with Crippen LogP contribution in [-0.4, -0.2) is 32.3 Å². The molecule has 1 aromatic carbocycles. The number of hydrogen-bond acceptors (Lipinski definition) is 3. The van der Waals surface area contributed by atoms with Crippen molar-refractivity contribution < 1.29 is 14.3 Å². The van der Waals surface area contributed by atoms with Crippen LogP contribution in [-0.2, 0) is 9.53 Å². The number of ether oxygens (including phenoxy) is 2. The van der Waals surface area contributed by atoms with E-state index in [1.165, 1.54) is 0 Å². The lowest BCUT2D eigenvalue weighted by molar-refractivity contribution is -0.127. The van der Waals surface area contributed by atoms with Gasteiger partial charge in [-0.15, -0.1) is 0 Å². The number of hydrogen-bond donors (Lipinski definition) is 1. The SMILES string of the molecule is COCCCNC(=O)C(C)Oc1cc(C)ccc1C. The summed E-state index contributed by atoms with van der Waals surface area (Å²) >= 11 is 0. The molecule has 1 amide bonds. The highest BCUT2D eigenvalue weighted by Gasteiger charge is 2.14.